The number of aliphatic carboxylic acids is 1. The zero-order valence-electron chi connectivity index (χ0n) is 11.4. The van der Waals surface area contributed by atoms with Crippen LogP contribution in [0.2, 0.25) is 0 Å². The summed E-state index contributed by atoms with van der Waals surface area (Å²) in [6.45, 7) is 5.43. The highest BCUT2D eigenvalue weighted by Gasteiger charge is 2.35. The lowest BCUT2D eigenvalue weighted by Gasteiger charge is -2.31. The van der Waals surface area contributed by atoms with E-state index < -0.39 is 17.4 Å². The van der Waals surface area contributed by atoms with Gasteiger partial charge >= 0.3 is 5.97 Å². The largest absolute Gasteiger partial charge is 0.480 e. The number of nitrogens with two attached hydrogens (primary N) is 1. The molecular formula is C13H24N2O3. The second-order valence-electron chi connectivity index (χ2n) is 6.26. The summed E-state index contributed by atoms with van der Waals surface area (Å²) in [6.07, 6.45) is 3.18. The standard InChI is InChI=1S/C13H24N2O3/c1-13(2,3)10(12(17)18)15-11(16)8-4-6-9(14)7-5-8/h8-10H,4-7,14H2,1-3H3,(H,15,16)(H,17,18)/t8?,9?,10-/m0/s1. The topological polar surface area (TPSA) is 92.4 Å². The van der Waals surface area contributed by atoms with Crippen molar-refractivity contribution in [3.63, 3.8) is 0 Å². The van der Waals surface area contributed by atoms with E-state index in [0.29, 0.717) is 0 Å². The zero-order chi connectivity index (χ0) is 13.9. The van der Waals surface area contributed by atoms with Crippen LogP contribution in [0.3, 0.4) is 0 Å². The summed E-state index contributed by atoms with van der Waals surface area (Å²) in [4.78, 5) is 23.2. The van der Waals surface area contributed by atoms with E-state index in [1.807, 2.05) is 20.8 Å². The van der Waals surface area contributed by atoms with Crippen LogP contribution in [0.15, 0.2) is 0 Å². The summed E-state index contributed by atoms with van der Waals surface area (Å²) in [5, 5.41) is 11.8. The molecule has 0 aromatic heterocycles. The lowest BCUT2D eigenvalue weighted by atomic mass is 9.83. The van der Waals surface area contributed by atoms with E-state index in [4.69, 9.17) is 10.8 Å². The Morgan fingerprint density at radius 1 is 1.22 bits per heavy atom. The van der Waals surface area contributed by atoms with Gasteiger partial charge in [0, 0.05) is 12.0 Å². The van der Waals surface area contributed by atoms with Gasteiger partial charge < -0.3 is 16.2 Å². The van der Waals surface area contributed by atoms with Crippen molar-refractivity contribution in [2.75, 3.05) is 0 Å². The lowest BCUT2D eigenvalue weighted by molar-refractivity contribution is -0.145. The normalized spacial score (nSPS) is 26.4. The Morgan fingerprint density at radius 2 is 1.72 bits per heavy atom. The van der Waals surface area contributed by atoms with Crippen LogP contribution in [0.25, 0.3) is 0 Å². The first-order valence-electron chi connectivity index (χ1n) is 6.50. The molecule has 0 aliphatic heterocycles. The molecule has 4 N–H and O–H groups in total. The molecule has 0 aromatic carbocycles. The lowest BCUT2D eigenvalue weighted by Crippen LogP contribution is -2.51. The van der Waals surface area contributed by atoms with E-state index in [2.05, 4.69) is 5.32 Å². The fourth-order valence-corrected chi connectivity index (χ4v) is 2.29. The van der Waals surface area contributed by atoms with E-state index >= 15 is 0 Å². The van der Waals surface area contributed by atoms with Gasteiger partial charge in [0.25, 0.3) is 0 Å². The molecule has 0 heterocycles. The molecule has 18 heavy (non-hydrogen) atoms. The molecule has 0 aromatic rings. The molecule has 1 fully saturated rings. The van der Waals surface area contributed by atoms with Crippen molar-refractivity contribution in [1.29, 1.82) is 0 Å². The first-order valence-corrected chi connectivity index (χ1v) is 6.50. The van der Waals surface area contributed by atoms with Gasteiger partial charge in [-0.2, -0.15) is 0 Å². The third-order valence-electron chi connectivity index (χ3n) is 3.54. The van der Waals surface area contributed by atoms with Crippen LogP contribution in [-0.2, 0) is 9.59 Å². The second kappa shape index (κ2) is 5.69. The molecule has 1 amide bonds. The number of carbonyl (C=O) groups excluding carboxylic acids is 1. The van der Waals surface area contributed by atoms with Gasteiger partial charge in [-0.25, -0.2) is 4.79 Å². The molecule has 104 valence electrons. The Balaban J connectivity index is 2.59. The number of amides is 1. The monoisotopic (exact) mass is 256 g/mol. The van der Waals surface area contributed by atoms with Gasteiger partial charge in [-0.1, -0.05) is 20.8 Å². The predicted octanol–water partition coefficient (Wildman–Crippen LogP) is 1.12. The molecule has 5 heteroatoms. The molecule has 1 aliphatic carbocycles. The highest BCUT2D eigenvalue weighted by molar-refractivity contribution is 5.85. The minimum atomic E-state index is -0.983. The molecule has 1 rings (SSSR count). The number of nitrogens with one attached hydrogen (secondary N) is 1. The van der Waals surface area contributed by atoms with Gasteiger partial charge in [0.15, 0.2) is 0 Å². The summed E-state index contributed by atoms with van der Waals surface area (Å²) < 4.78 is 0. The van der Waals surface area contributed by atoms with Crippen LogP contribution >= 0.6 is 0 Å². The molecule has 0 spiro atoms. The van der Waals surface area contributed by atoms with Crippen LogP contribution in [0, 0.1) is 11.3 Å². The zero-order valence-corrected chi connectivity index (χ0v) is 11.4. The number of rotatable bonds is 3. The maximum Gasteiger partial charge on any atom is 0.326 e. The predicted molar refractivity (Wildman–Crippen MR) is 69.0 cm³/mol. The summed E-state index contributed by atoms with van der Waals surface area (Å²) in [6, 6.07) is -0.660. The third kappa shape index (κ3) is 3.98. The van der Waals surface area contributed by atoms with Crippen molar-refractivity contribution in [2.45, 2.75) is 58.5 Å². The van der Waals surface area contributed by atoms with Crippen LogP contribution in [0.4, 0.5) is 0 Å². The third-order valence-corrected chi connectivity index (χ3v) is 3.54. The van der Waals surface area contributed by atoms with E-state index in [1.165, 1.54) is 0 Å². The number of hydrogen-bond donors (Lipinski definition) is 3. The van der Waals surface area contributed by atoms with Crippen molar-refractivity contribution < 1.29 is 14.7 Å². The Labute approximate surface area is 108 Å². The first kappa shape index (κ1) is 15.0. The fourth-order valence-electron chi connectivity index (χ4n) is 2.29. The average Bonchev–Trinajstić information content (AvgIpc) is 2.24. The van der Waals surface area contributed by atoms with E-state index in [9.17, 15) is 9.59 Å². The molecule has 5 nitrogen and oxygen atoms in total. The van der Waals surface area contributed by atoms with Crippen LogP contribution in [0.1, 0.15) is 46.5 Å². The van der Waals surface area contributed by atoms with Crippen molar-refractivity contribution in [1.82, 2.24) is 5.32 Å². The Morgan fingerprint density at radius 3 is 2.11 bits per heavy atom. The molecule has 1 aliphatic rings. The molecule has 1 saturated carbocycles. The highest BCUT2D eigenvalue weighted by atomic mass is 16.4. The van der Waals surface area contributed by atoms with Crippen molar-refractivity contribution in [3.8, 4) is 0 Å². The smallest absolute Gasteiger partial charge is 0.326 e. The second-order valence-corrected chi connectivity index (χ2v) is 6.26. The van der Waals surface area contributed by atoms with Gasteiger partial charge in [-0.05, 0) is 31.1 Å². The van der Waals surface area contributed by atoms with Gasteiger partial charge in [-0.15, -0.1) is 0 Å². The quantitative estimate of drug-likeness (QED) is 0.705. The molecule has 0 bridgehead atoms. The maximum atomic E-state index is 12.1. The molecule has 1 atom stereocenters. The van der Waals surface area contributed by atoms with E-state index in [0.717, 1.165) is 25.7 Å². The minimum Gasteiger partial charge on any atom is -0.480 e. The molecule has 0 saturated heterocycles. The van der Waals surface area contributed by atoms with Crippen molar-refractivity contribution >= 4 is 11.9 Å². The Hall–Kier alpha value is -1.10. The number of carbonyl (C=O) groups is 2. The fraction of sp³-hybridized carbons (Fsp3) is 0.846. The summed E-state index contributed by atoms with van der Waals surface area (Å²) >= 11 is 0. The Kier molecular flexibility index (Phi) is 4.73. The molecular weight excluding hydrogens is 232 g/mol. The van der Waals surface area contributed by atoms with Gasteiger partial charge in [0.2, 0.25) is 5.91 Å². The number of carboxylic acids is 1. The Bertz CT molecular complexity index is 315. The van der Waals surface area contributed by atoms with Crippen LogP contribution in [0.5, 0.6) is 0 Å². The van der Waals surface area contributed by atoms with Crippen molar-refractivity contribution in [3.05, 3.63) is 0 Å². The molecule has 0 radical (unpaired) electrons. The molecule has 0 unspecified atom stereocenters. The number of hydrogen-bond acceptors (Lipinski definition) is 3. The summed E-state index contributed by atoms with van der Waals surface area (Å²) in [5.74, 6) is -1.22. The van der Waals surface area contributed by atoms with Gasteiger partial charge in [0.1, 0.15) is 6.04 Å². The minimum absolute atomic E-state index is 0.0889. The SMILES string of the molecule is CC(C)(C)[C@@H](NC(=O)C1CCC(N)CC1)C(=O)O. The van der Waals surface area contributed by atoms with Crippen LogP contribution < -0.4 is 11.1 Å². The summed E-state index contributed by atoms with van der Waals surface area (Å²) in [7, 11) is 0. The number of carboxylic acid groups (broad SMARTS) is 1. The van der Waals surface area contributed by atoms with Gasteiger partial charge in [-0.3, -0.25) is 4.79 Å². The first-order chi connectivity index (χ1) is 8.21. The van der Waals surface area contributed by atoms with Crippen LogP contribution in [-0.4, -0.2) is 29.1 Å². The van der Waals surface area contributed by atoms with Gasteiger partial charge in [0.05, 0.1) is 0 Å². The van der Waals surface area contributed by atoms with Crippen molar-refractivity contribution in [2.24, 2.45) is 17.1 Å². The summed E-state index contributed by atoms with van der Waals surface area (Å²) in [5.41, 5.74) is 5.30. The van der Waals surface area contributed by atoms with E-state index in [-0.39, 0.29) is 17.9 Å². The highest BCUT2D eigenvalue weighted by Crippen LogP contribution is 2.25. The average molecular weight is 256 g/mol. The maximum absolute atomic E-state index is 12.1. The van der Waals surface area contributed by atoms with E-state index in [1.54, 1.807) is 0 Å².